The fraction of sp³-hybridized carbons (Fsp3) is 0.567. The molecule has 0 spiro atoms. The minimum absolute atomic E-state index is 0.127. The highest BCUT2D eigenvalue weighted by Gasteiger charge is 2.19. The molecule has 1 unspecified atom stereocenters. The second-order valence-corrected chi connectivity index (χ2v) is 18.4. The number of hydrogen-bond acceptors (Lipinski definition) is 6. The van der Waals surface area contributed by atoms with Crippen molar-refractivity contribution in [3.05, 3.63) is 158 Å². The van der Waals surface area contributed by atoms with Gasteiger partial charge in [-0.15, -0.1) is 0 Å². The smallest absolute Gasteiger partial charge is 0.306 e. The molecule has 0 aliphatic heterocycles. The molecular weight excluding hydrogens is 901 g/mol. The zero-order chi connectivity index (χ0) is 52.9. The lowest BCUT2D eigenvalue weighted by molar-refractivity contribution is -0.166. The average molecular weight is 1010 g/mol. The van der Waals surface area contributed by atoms with Crippen molar-refractivity contribution in [1.82, 2.24) is 0 Å². The van der Waals surface area contributed by atoms with Crippen molar-refractivity contribution in [3.8, 4) is 0 Å². The molecule has 0 amide bonds. The van der Waals surface area contributed by atoms with Crippen LogP contribution in [0.25, 0.3) is 0 Å². The van der Waals surface area contributed by atoms with Crippen molar-refractivity contribution in [1.29, 1.82) is 0 Å². The van der Waals surface area contributed by atoms with Crippen molar-refractivity contribution in [2.45, 2.75) is 232 Å². The van der Waals surface area contributed by atoms with E-state index in [1.807, 2.05) is 12.2 Å². The highest BCUT2D eigenvalue weighted by atomic mass is 16.6. The first kappa shape index (κ1) is 68.0. The number of carbonyl (C=O) groups is 3. The Labute approximate surface area is 448 Å². The molecule has 73 heavy (non-hydrogen) atoms. The van der Waals surface area contributed by atoms with Gasteiger partial charge >= 0.3 is 17.9 Å². The summed E-state index contributed by atoms with van der Waals surface area (Å²) in [6.07, 6.45) is 86.7. The topological polar surface area (TPSA) is 78.9 Å². The van der Waals surface area contributed by atoms with E-state index in [9.17, 15) is 14.4 Å². The maximum atomic E-state index is 12.9. The molecule has 408 valence electrons. The fourth-order valence-corrected chi connectivity index (χ4v) is 7.23. The molecule has 0 N–H and O–H groups in total. The van der Waals surface area contributed by atoms with E-state index in [0.717, 1.165) is 141 Å². The highest BCUT2D eigenvalue weighted by molar-refractivity contribution is 5.71. The van der Waals surface area contributed by atoms with Gasteiger partial charge < -0.3 is 14.2 Å². The zero-order valence-electron chi connectivity index (χ0n) is 46.6. The van der Waals surface area contributed by atoms with Gasteiger partial charge in [-0.05, 0) is 135 Å². The molecule has 0 bridgehead atoms. The maximum Gasteiger partial charge on any atom is 0.306 e. The zero-order valence-corrected chi connectivity index (χ0v) is 46.6. The van der Waals surface area contributed by atoms with Gasteiger partial charge in [0, 0.05) is 19.3 Å². The van der Waals surface area contributed by atoms with Gasteiger partial charge in [0.05, 0.1) is 0 Å². The third-order valence-corrected chi connectivity index (χ3v) is 11.5. The van der Waals surface area contributed by atoms with Crippen LogP contribution >= 0.6 is 0 Å². The first-order valence-electron chi connectivity index (χ1n) is 29.0. The number of allylic oxidation sites excluding steroid dienone is 26. The summed E-state index contributed by atoms with van der Waals surface area (Å²) in [6, 6.07) is 0. The monoisotopic (exact) mass is 1000 g/mol. The summed E-state index contributed by atoms with van der Waals surface area (Å²) in [5.74, 6) is -1.06. The Morgan fingerprint density at radius 1 is 0.288 bits per heavy atom. The molecule has 0 saturated carbocycles. The molecule has 0 aromatic rings. The van der Waals surface area contributed by atoms with E-state index in [0.29, 0.717) is 12.8 Å². The van der Waals surface area contributed by atoms with E-state index in [1.165, 1.54) is 38.5 Å². The van der Waals surface area contributed by atoms with Gasteiger partial charge in [0.15, 0.2) is 6.10 Å². The minimum Gasteiger partial charge on any atom is -0.462 e. The summed E-state index contributed by atoms with van der Waals surface area (Å²) in [6.45, 7) is 6.27. The molecule has 0 aliphatic rings. The number of carbonyl (C=O) groups excluding carboxylic acids is 3. The van der Waals surface area contributed by atoms with Crippen molar-refractivity contribution in [3.63, 3.8) is 0 Å². The summed E-state index contributed by atoms with van der Waals surface area (Å²) in [5.41, 5.74) is 0. The SMILES string of the molecule is CC/C=C\C/C=C\C/C=C\C/C=C\C/C=C\C/C=C\CCC(=O)OCC(COC(=O)CCCCCC/C=C\C/C=C\C/C=C\C/C=C\CC)OC(=O)CCCCCCCC/C=C\C/C=C\C/C=C\CCCCC. The number of hydrogen-bond donors (Lipinski definition) is 0. The highest BCUT2D eigenvalue weighted by Crippen LogP contribution is 2.12. The molecule has 0 aromatic carbocycles. The standard InChI is InChI=1S/C67H104O6/c1-4-7-10-13-16-19-22-25-28-31-33-36-39-42-45-48-51-54-57-60-66(69)72-63-64(62-71-65(68)59-56-53-50-47-44-41-38-35-30-27-24-21-18-15-12-9-6-3)73-67(70)61-58-55-52-49-46-43-40-37-34-32-29-26-23-20-17-14-11-8-5-2/h7,9-10,12,16-21,25-30,33-34,36-38,41-42,45,51,54,64H,4-6,8,11,13-15,22-24,31-32,35,39-40,43-44,46-50,52-53,55-63H2,1-3H3/b10-7-,12-9-,19-16-,20-17-,21-18-,28-25-,29-26-,30-27-,36-33-,37-34-,41-38-,45-42-,54-51-. The molecule has 0 rings (SSSR count). The van der Waals surface area contributed by atoms with E-state index < -0.39 is 6.10 Å². The van der Waals surface area contributed by atoms with Crippen LogP contribution in [0, 0.1) is 0 Å². The largest absolute Gasteiger partial charge is 0.462 e. The van der Waals surface area contributed by atoms with Crippen LogP contribution in [0.15, 0.2) is 158 Å². The van der Waals surface area contributed by atoms with Crippen LogP contribution in [0.4, 0.5) is 0 Å². The molecule has 6 nitrogen and oxygen atoms in total. The predicted molar refractivity (Wildman–Crippen MR) is 315 cm³/mol. The lowest BCUT2D eigenvalue weighted by atomic mass is 10.1. The molecule has 0 fully saturated rings. The molecule has 0 heterocycles. The Morgan fingerprint density at radius 2 is 0.562 bits per heavy atom. The van der Waals surface area contributed by atoms with Crippen molar-refractivity contribution >= 4 is 17.9 Å². The van der Waals surface area contributed by atoms with Crippen molar-refractivity contribution in [2.75, 3.05) is 13.2 Å². The molecule has 1 atom stereocenters. The molecule has 0 saturated heterocycles. The Bertz CT molecular complexity index is 1670. The Morgan fingerprint density at radius 3 is 0.918 bits per heavy atom. The second kappa shape index (κ2) is 59.6. The Balaban J connectivity index is 4.60. The summed E-state index contributed by atoms with van der Waals surface area (Å²) in [7, 11) is 0. The van der Waals surface area contributed by atoms with Crippen molar-refractivity contribution in [2.24, 2.45) is 0 Å². The Kier molecular flexibility index (Phi) is 55.5. The quantitative estimate of drug-likeness (QED) is 0.0261. The molecule has 0 radical (unpaired) electrons. The van der Waals surface area contributed by atoms with E-state index in [2.05, 4.69) is 167 Å². The maximum absolute atomic E-state index is 12.9. The number of ether oxygens (including phenoxy) is 3. The summed E-state index contributed by atoms with van der Waals surface area (Å²) in [5, 5.41) is 0. The van der Waals surface area contributed by atoms with Gasteiger partial charge in [-0.1, -0.05) is 230 Å². The third kappa shape index (κ3) is 57.8. The van der Waals surface area contributed by atoms with Gasteiger partial charge in [0.1, 0.15) is 13.2 Å². The van der Waals surface area contributed by atoms with Gasteiger partial charge in [-0.25, -0.2) is 0 Å². The molecule has 0 aliphatic carbocycles. The number of unbranched alkanes of at least 4 members (excludes halogenated alkanes) is 13. The molecular formula is C67H104O6. The van der Waals surface area contributed by atoms with Crippen LogP contribution in [0.3, 0.4) is 0 Å². The predicted octanol–water partition coefficient (Wildman–Crippen LogP) is 19.8. The van der Waals surface area contributed by atoms with Crippen molar-refractivity contribution < 1.29 is 28.6 Å². The van der Waals surface area contributed by atoms with E-state index in [-0.39, 0.29) is 44.0 Å². The van der Waals surface area contributed by atoms with Gasteiger partial charge in [-0.3, -0.25) is 14.4 Å². The van der Waals surface area contributed by atoms with E-state index in [4.69, 9.17) is 14.2 Å². The van der Waals surface area contributed by atoms with Gasteiger partial charge in [0.2, 0.25) is 0 Å². The van der Waals surface area contributed by atoms with E-state index >= 15 is 0 Å². The number of rotatable bonds is 50. The summed E-state index contributed by atoms with van der Waals surface area (Å²) < 4.78 is 16.8. The summed E-state index contributed by atoms with van der Waals surface area (Å²) >= 11 is 0. The average Bonchev–Trinajstić information content (AvgIpc) is 3.39. The van der Waals surface area contributed by atoms with Crippen LogP contribution in [-0.2, 0) is 28.6 Å². The summed E-state index contributed by atoms with van der Waals surface area (Å²) in [4.78, 5) is 38.2. The first-order chi connectivity index (χ1) is 36.0. The van der Waals surface area contributed by atoms with Crippen LogP contribution < -0.4 is 0 Å². The van der Waals surface area contributed by atoms with Crippen LogP contribution in [0.1, 0.15) is 226 Å². The molecule has 0 aromatic heterocycles. The lowest BCUT2D eigenvalue weighted by Gasteiger charge is -2.18. The lowest BCUT2D eigenvalue weighted by Crippen LogP contribution is -2.30. The van der Waals surface area contributed by atoms with Crippen LogP contribution in [0.5, 0.6) is 0 Å². The minimum atomic E-state index is -0.835. The first-order valence-corrected chi connectivity index (χ1v) is 29.0. The van der Waals surface area contributed by atoms with Gasteiger partial charge in [0.25, 0.3) is 0 Å². The number of esters is 3. The molecule has 6 heteroatoms. The fourth-order valence-electron chi connectivity index (χ4n) is 7.23. The van der Waals surface area contributed by atoms with Gasteiger partial charge in [-0.2, -0.15) is 0 Å². The van der Waals surface area contributed by atoms with Crippen LogP contribution in [-0.4, -0.2) is 37.2 Å². The third-order valence-electron chi connectivity index (χ3n) is 11.5. The van der Waals surface area contributed by atoms with Crippen LogP contribution in [0.2, 0.25) is 0 Å². The Hall–Kier alpha value is -4.97. The van der Waals surface area contributed by atoms with E-state index in [1.54, 1.807) is 0 Å². The second-order valence-electron chi connectivity index (χ2n) is 18.4. The normalized spacial score (nSPS) is 13.3.